The molecular formula is C24H22Cl2N2O4. The summed E-state index contributed by atoms with van der Waals surface area (Å²) in [5, 5.41) is 2.52. The molecule has 0 spiro atoms. The molecule has 8 heteroatoms. The summed E-state index contributed by atoms with van der Waals surface area (Å²) in [7, 11) is 1.69. The minimum absolute atomic E-state index is 0.201. The fraction of sp³-hybridized carbons (Fsp3) is 0.167. The predicted octanol–water partition coefficient (Wildman–Crippen LogP) is 5.53. The van der Waals surface area contributed by atoms with E-state index in [1.807, 2.05) is 18.2 Å². The van der Waals surface area contributed by atoms with Gasteiger partial charge in [0.2, 0.25) is 0 Å². The first-order chi connectivity index (χ1) is 15.4. The van der Waals surface area contributed by atoms with Crippen molar-refractivity contribution in [3.8, 4) is 5.75 Å². The number of hydrogen-bond donors (Lipinski definition) is 1. The van der Waals surface area contributed by atoms with Gasteiger partial charge < -0.3 is 9.47 Å². The third-order valence-electron chi connectivity index (χ3n) is 4.56. The van der Waals surface area contributed by atoms with Crippen molar-refractivity contribution < 1.29 is 19.1 Å². The fourth-order valence-corrected chi connectivity index (χ4v) is 3.25. The summed E-state index contributed by atoms with van der Waals surface area (Å²) in [4.78, 5) is 24.8. The Bertz CT molecular complexity index is 1100. The summed E-state index contributed by atoms with van der Waals surface area (Å²) in [5.74, 6) is -0.429. The molecule has 1 N–H and O–H groups in total. The van der Waals surface area contributed by atoms with Gasteiger partial charge in [0.25, 0.3) is 5.91 Å². The van der Waals surface area contributed by atoms with Gasteiger partial charge in [-0.2, -0.15) is 0 Å². The van der Waals surface area contributed by atoms with Crippen molar-refractivity contribution in [3.05, 3.63) is 93.5 Å². The molecule has 166 valence electrons. The Morgan fingerprint density at radius 3 is 2.41 bits per heavy atom. The molecule has 0 aliphatic carbocycles. The monoisotopic (exact) mass is 472 g/mol. The van der Waals surface area contributed by atoms with Crippen molar-refractivity contribution >= 4 is 40.8 Å². The van der Waals surface area contributed by atoms with Crippen LogP contribution in [0, 0.1) is 0 Å². The van der Waals surface area contributed by atoms with Crippen molar-refractivity contribution in [1.29, 1.82) is 0 Å². The normalized spacial score (nSPS) is 10.4. The molecule has 0 atom stereocenters. The molecule has 0 fully saturated rings. The Balaban J connectivity index is 1.72. The van der Waals surface area contributed by atoms with Crippen LogP contribution in [0.4, 0.5) is 5.69 Å². The van der Waals surface area contributed by atoms with E-state index in [2.05, 4.69) is 5.43 Å². The number of benzene rings is 3. The third kappa shape index (κ3) is 5.93. The molecule has 6 nitrogen and oxygen atoms in total. The molecule has 32 heavy (non-hydrogen) atoms. The summed E-state index contributed by atoms with van der Waals surface area (Å²) in [5.41, 5.74) is 4.96. The Morgan fingerprint density at radius 1 is 1.00 bits per heavy atom. The molecule has 0 saturated heterocycles. The standard InChI is InChI=1S/C24H22Cl2N2O4/c1-3-31-24(30)16-8-11-19(12-9-16)28(2)27-23(29)20-14-18(25)10-13-22(20)32-15-17-6-4-5-7-21(17)26/h4-14H,3,15H2,1-2H3,(H,27,29). The number of esters is 1. The maximum atomic E-state index is 12.9. The summed E-state index contributed by atoms with van der Waals surface area (Å²) < 4.78 is 10.8. The highest BCUT2D eigenvalue weighted by Crippen LogP contribution is 2.25. The lowest BCUT2D eigenvalue weighted by Crippen LogP contribution is -2.39. The third-order valence-corrected chi connectivity index (χ3v) is 5.17. The summed E-state index contributed by atoms with van der Waals surface area (Å²) in [6.45, 7) is 2.25. The molecule has 0 aliphatic rings. The van der Waals surface area contributed by atoms with Gasteiger partial charge >= 0.3 is 5.97 Å². The van der Waals surface area contributed by atoms with E-state index in [9.17, 15) is 9.59 Å². The molecule has 0 aromatic heterocycles. The SMILES string of the molecule is CCOC(=O)c1ccc(N(C)NC(=O)c2cc(Cl)ccc2OCc2ccccc2Cl)cc1. The number of hydrazine groups is 1. The zero-order valence-electron chi connectivity index (χ0n) is 17.6. The smallest absolute Gasteiger partial charge is 0.338 e. The number of nitrogens with one attached hydrogen (secondary N) is 1. The first-order valence-corrected chi connectivity index (χ1v) is 10.6. The van der Waals surface area contributed by atoms with E-state index in [1.165, 1.54) is 11.1 Å². The number of hydrogen-bond acceptors (Lipinski definition) is 5. The first-order valence-electron chi connectivity index (χ1n) is 9.86. The number of halogens is 2. The lowest BCUT2D eigenvalue weighted by Gasteiger charge is -2.21. The molecule has 0 aliphatic heterocycles. The lowest BCUT2D eigenvalue weighted by molar-refractivity contribution is 0.0526. The second kappa shape index (κ2) is 10.9. The summed E-state index contributed by atoms with van der Waals surface area (Å²) in [6.07, 6.45) is 0. The van der Waals surface area contributed by atoms with E-state index in [0.29, 0.717) is 33.7 Å². The van der Waals surface area contributed by atoms with Crippen molar-refractivity contribution in [3.63, 3.8) is 0 Å². The Labute approximate surface area is 196 Å². The molecule has 0 saturated carbocycles. The number of carbonyl (C=O) groups excluding carboxylic acids is 2. The molecule has 0 radical (unpaired) electrons. The van der Waals surface area contributed by atoms with Crippen LogP contribution in [-0.4, -0.2) is 25.5 Å². The molecule has 0 bridgehead atoms. The van der Waals surface area contributed by atoms with Gasteiger partial charge in [0, 0.05) is 22.7 Å². The van der Waals surface area contributed by atoms with Gasteiger partial charge in [0.1, 0.15) is 12.4 Å². The highest BCUT2D eigenvalue weighted by atomic mass is 35.5. The minimum Gasteiger partial charge on any atom is -0.488 e. The van der Waals surface area contributed by atoms with E-state index in [1.54, 1.807) is 56.4 Å². The predicted molar refractivity (Wildman–Crippen MR) is 126 cm³/mol. The largest absolute Gasteiger partial charge is 0.488 e. The van der Waals surface area contributed by atoms with Crippen LogP contribution < -0.4 is 15.2 Å². The van der Waals surface area contributed by atoms with E-state index in [-0.39, 0.29) is 12.2 Å². The molecule has 3 rings (SSSR count). The highest BCUT2D eigenvalue weighted by Gasteiger charge is 2.16. The number of ether oxygens (including phenoxy) is 2. The molecule has 0 heterocycles. The van der Waals surface area contributed by atoms with Crippen molar-refractivity contribution in [1.82, 2.24) is 5.43 Å². The van der Waals surface area contributed by atoms with E-state index >= 15 is 0 Å². The Kier molecular flexibility index (Phi) is 7.98. The highest BCUT2D eigenvalue weighted by molar-refractivity contribution is 6.31. The average molecular weight is 473 g/mol. The van der Waals surface area contributed by atoms with Gasteiger partial charge in [-0.25, -0.2) is 4.79 Å². The molecule has 3 aromatic carbocycles. The quantitative estimate of drug-likeness (QED) is 0.344. The van der Waals surface area contributed by atoms with Crippen LogP contribution in [-0.2, 0) is 11.3 Å². The first kappa shape index (κ1) is 23.4. The van der Waals surface area contributed by atoms with Gasteiger partial charge in [-0.05, 0) is 55.5 Å². The Hall–Kier alpha value is -3.22. The van der Waals surface area contributed by atoms with Crippen LogP contribution in [0.15, 0.2) is 66.7 Å². The van der Waals surface area contributed by atoms with Crippen LogP contribution in [0.1, 0.15) is 33.2 Å². The van der Waals surface area contributed by atoms with Crippen molar-refractivity contribution in [2.45, 2.75) is 13.5 Å². The van der Waals surface area contributed by atoms with Gasteiger partial charge in [-0.1, -0.05) is 41.4 Å². The maximum Gasteiger partial charge on any atom is 0.338 e. The molecular weight excluding hydrogens is 451 g/mol. The van der Waals surface area contributed by atoms with Gasteiger partial charge in [-0.15, -0.1) is 0 Å². The second-order valence-corrected chi connectivity index (χ2v) is 7.63. The second-order valence-electron chi connectivity index (χ2n) is 6.79. The maximum absolute atomic E-state index is 12.9. The molecule has 1 amide bonds. The number of anilines is 1. The number of amides is 1. The van der Waals surface area contributed by atoms with Crippen LogP contribution in [0.5, 0.6) is 5.75 Å². The van der Waals surface area contributed by atoms with Crippen LogP contribution in [0.3, 0.4) is 0 Å². The number of rotatable bonds is 8. The topological polar surface area (TPSA) is 67.9 Å². The fourth-order valence-electron chi connectivity index (χ4n) is 2.89. The van der Waals surface area contributed by atoms with Gasteiger partial charge in [-0.3, -0.25) is 15.2 Å². The van der Waals surface area contributed by atoms with Gasteiger partial charge in [0.15, 0.2) is 0 Å². The van der Waals surface area contributed by atoms with Gasteiger partial charge in [0.05, 0.1) is 23.4 Å². The van der Waals surface area contributed by atoms with E-state index in [4.69, 9.17) is 32.7 Å². The zero-order chi connectivity index (χ0) is 23.1. The molecule has 3 aromatic rings. The minimum atomic E-state index is -0.404. The van der Waals surface area contributed by atoms with Crippen LogP contribution in [0.2, 0.25) is 10.0 Å². The summed E-state index contributed by atoms with van der Waals surface area (Å²) >= 11 is 12.3. The lowest BCUT2D eigenvalue weighted by atomic mass is 10.2. The van der Waals surface area contributed by atoms with Crippen molar-refractivity contribution in [2.75, 3.05) is 18.7 Å². The average Bonchev–Trinajstić information content (AvgIpc) is 2.79. The number of carbonyl (C=O) groups is 2. The zero-order valence-corrected chi connectivity index (χ0v) is 19.1. The van der Waals surface area contributed by atoms with Crippen LogP contribution >= 0.6 is 23.2 Å². The van der Waals surface area contributed by atoms with E-state index in [0.717, 1.165) is 5.56 Å². The van der Waals surface area contributed by atoms with Crippen molar-refractivity contribution in [2.24, 2.45) is 0 Å². The summed E-state index contributed by atoms with van der Waals surface area (Å²) in [6, 6.07) is 18.8. The van der Waals surface area contributed by atoms with E-state index < -0.39 is 11.9 Å². The molecule has 0 unspecified atom stereocenters. The Morgan fingerprint density at radius 2 is 1.72 bits per heavy atom. The van der Waals surface area contributed by atoms with Crippen LogP contribution in [0.25, 0.3) is 0 Å². The number of nitrogens with zero attached hydrogens (tertiary/aromatic N) is 1.